The van der Waals surface area contributed by atoms with Gasteiger partial charge >= 0.3 is 0 Å². The third-order valence-corrected chi connectivity index (χ3v) is 6.23. The molecule has 9 heteroatoms. The minimum absolute atomic E-state index is 0.0882. The average molecular weight is 492 g/mol. The Morgan fingerprint density at radius 2 is 1.84 bits per heavy atom. The number of hydrogen-bond acceptors (Lipinski definition) is 7. The zero-order chi connectivity index (χ0) is 25.4. The second-order valence-corrected chi connectivity index (χ2v) is 8.59. The number of benzene rings is 2. The van der Waals surface area contributed by atoms with Crippen LogP contribution in [0.3, 0.4) is 0 Å². The molecule has 1 saturated heterocycles. The molecule has 1 atom stereocenters. The van der Waals surface area contributed by atoms with E-state index in [4.69, 9.17) is 8.83 Å². The Kier molecular flexibility index (Phi) is 5.57. The van der Waals surface area contributed by atoms with Crippen molar-refractivity contribution in [3.63, 3.8) is 0 Å². The van der Waals surface area contributed by atoms with Crippen LogP contribution in [0.2, 0.25) is 0 Å². The van der Waals surface area contributed by atoms with Gasteiger partial charge in [0.25, 0.3) is 11.8 Å². The number of furan rings is 1. The molecule has 1 aliphatic rings. The number of nitrogens with zero attached hydrogens (tertiary/aromatic N) is 4. The van der Waals surface area contributed by atoms with Crippen LogP contribution >= 0.6 is 0 Å². The topological polar surface area (TPSA) is 110 Å². The number of amides is 3. The highest BCUT2D eigenvalue weighted by atomic mass is 16.3. The Labute approximate surface area is 211 Å². The van der Waals surface area contributed by atoms with Crippen molar-refractivity contribution in [1.82, 2.24) is 14.9 Å². The lowest BCUT2D eigenvalue weighted by Crippen LogP contribution is -2.45. The van der Waals surface area contributed by atoms with Gasteiger partial charge in [0, 0.05) is 24.5 Å². The van der Waals surface area contributed by atoms with E-state index in [0.29, 0.717) is 22.7 Å². The lowest BCUT2D eigenvalue weighted by molar-refractivity contribution is -0.122. The minimum Gasteiger partial charge on any atom is -0.459 e. The van der Waals surface area contributed by atoms with Crippen LogP contribution in [0.5, 0.6) is 0 Å². The van der Waals surface area contributed by atoms with Crippen molar-refractivity contribution in [3.05, 3.63) is 103 Å². The average Bonchev–Trinajstić information content (AvgIpc) is 3.67. The molecule has 1 aliphatic heterocycles. The highest BCUT2D eigenvalue weighted by Gasteiger charge is 2.45. The van der Waals surface area contributed by atoms with Crippen LogP contribution in [-0.4, -0.2) is 38.6 Å². The van der Waals surface area contributed by atoms with Crippen LogP contribution < -0.4 is 4.90 Å². The Morgan fingerprint density at radius 1 is 1.00 bits per heavy atom. The van der Waals surface area contributed by atoms with E-state index >= 15 is 0 Å². The summed E-state index contributed by atoms with van der Waals surface area (Å²) < 4.78 is 11.1. The summed E-state index contributed by atoms with van der Waals surface area (Å²) in [5.41, 5.74) is 3.25. The highest BCUT2D eigenvalue weighted by Crippen LogP contribution is 2.30. The van der Waals surface area contributed by atoms with E-state index in [9.17, 15) is 14.4 Å². The number of hydrogen-bond donors (Lipinski definition) is 0. The summed E-state index contributed by atoms with van der Waals surface area (Å²) in [5.74, 6) is -0.828. The first-order valence-corrected chi connectivity index (χ1v) is 11.6. The monoisotopic (exact) mass is 492 g/mol. The molecular weight excluding hydrogens is 472 g/mol. The number of anilines is 1. The number of para-hydroxylation sites is 2. The number of carbonyl (C=O) groups is 3. The summed E-state index contributed by atoms with van der Waals surface area (Å²) in [6.45, 7) is 0.0988. The molecule has 6 rings (SSSR count). The molecule has 9 nitrogen and oxygen atoms in total. The van der Waals surface area contributed by atoms with Gasteiger partial charge in [-0.25, -0.2) is 9.88 Å². The molecule has 0 radical (unpaired) electrons. The summed E-state index contributed by atoms with van der Waals surface area (Å²) >= 11 is 0. The molecule has 1 unspecified atom stereocenters. The number of fused-ring (bicyclic) bond motifs is 1. The zero-order valence-corrected chi connectivity index (χ0v) is 19.5. The summed E-state index contributed by atoms with van der Waals surface area (Å²) in [4.78, 5) is 50.9. The predicted molar refractivity (Wildman–Crippen MR) is 133 cm³/mol. The third-order valence-electron chi connectivity index (χ3n) is 6.23. The van der Waals surface area contributed by atoms with Gasteiger partial charge in [0.1, 0.15) is 11.6 Å². The van der Waals surface area contributed by atoms with Crippen molar-refractivity contribution in [3.8, 4) is 11.5 Å². The molecule has 37 heavy (non-hydrogen) atoms. The van der Waals surface area contributed by atoms with Crippen molar-refractivity contribution in [2.75, 3.05) is 4.90 Å². The Hall–Kier alpha value is -5.05. The number of aromatic nitrogens is 2. The number of pyridine rings is 1. The first kappa shape index (κ1) is 22.4. The first-order chi connectivity index (χ1) is 18.1. The number of oxazole rings is 1. The lowest BCUT2D eigenvalue weighted by atomic mass is 10.1. The summed E-state index contributed by atoms with van der Waals surface area (Å²) in [7, 11) is 0. The molecule has 3 aromatic heterocycles. The molecule has 3 amide bonds. The molecule has 4 heterocycles. The van der Waals surface area contributed by atoms with Gasteiger partial charge in [-0.1, -0.05) is 18.2 Å². The normalized spacial score (nSPS) is 15.5. The third kappa shape index (κ3) is 4.16. The smallest absolute Gasteiger partial charge is 0.290 e. The summed E-state index contributed by atoms with van der Waals surface area (Å²) in [5, 5.41) is 0. The van der Waals surface area contributed by atoms with E-state index in [1.807, 2.05) is 24.3 Å². The minimum atomic E-state index is -0.984. The van der Waals surface area contributed by atoms with Gasteiger partial charge in [0.05, 0.1) is 18.4 Å². The van der Waals surface area contributed by atoms with Crippen LogP contribution in [-0.2, 0) is 16.1 Å². The Balaban J connectivity index is 1.28. The SMILES string of the molecule is O=C1CC(N(Cc2cccnc2)C(=O)c2ccco2)C(=O)N1c1ccc(-c2nc3ccccc3o2)cc1. The van der Waals surface area contributed by atoms with Gasteiger partial charge in [-0.15, -0.1) is 0 Å². The van der Waals surface area contributed by atoms with Gasteiger partial charge in [-0.3, -0.25) is 19.4 Å². The van der Waals surface area contributed by atoms with Gasteiger partial charge in [0.2, 0.25) is 11.8 Å². The second-order valence-electron chi connectivity index (χ2n) is 8.59. The molecule has 0 saturated carbocycles. The van der Waals surface area contributed by atoms with Crippen LogP contribution in [0.25, 0.3) is 22.6 Å². The molecular formula is C28H20N4O5. The fraction of sp³-hybridized carbons (Fsp3) is 0.107. The van der Waals surface area contributed by atoms with Gasteiger partial charge in [-0.05, 0) is 60.2 Å². The van der Waals surface area contributed by atoms with Crippen LogP contribution in [0, 0.1) is 0 Å². The summed E-state index contributed by atoms with van der Waals surface area (Å²) in [6.07, 6.45) is 4.49. The largest absolute Gasteiger partial charge is 0.459 e. The maximum Gasteiger partial charge on any atom is 0.290 e. The van der Waals surface area contributed by atoms with Crippen molar-refractivity contribution in [2.45, 2.75) is 19.0 Å². The fourth-order valence-corrected chi connectivity index (χ4v) is 4.43. The van der Waals surface area contributed by atoms with E-state index in [0.717, 1.165) is 16.0 Å². The van der Waals surface area contributed by atoms with Crippen molar-refractivity contribution in [1.29, 1.82) is 0 Å². The van der Waals surface area contributed by atoms with Crippen LogP contribution in [0.15, 0.2) is 100 Å². The molecule has 0 spiro atoms. The summed E-state index contributed by atoms with van der Waals surface area (Å²) in [6, 6.07) is 20.0. The molecule has 2 aromatic carbocycles. The molecule has 0 N–H and O–H groups in total. The van der Waals surface area contributed by atoms with Crippen molar-refractivity contribution >= 4 is 34.5 Å². The van der Waals surface area contributed by atoms with Gasteiger partial charge < -0.3 is 13.7 Å². The maximum absolute atomic E-state index is 13.5. The van der Waals surface area contributed by atoms with E-state index < -0.39 is 23.8 Å². The lowest BCUT2D eigenvalue weighted by Gasteiger charge is -2.27. The van der Waals surface area contributed by atoms with E-state index in [2.05, 4.69) is 9.97 Å². The first-order valence-electron chi connectivity index (χ1n) is 11.6. The molecule has 1 fully saturated rings. The van der Waals surface area contributed by atoms with E-state index in [1.165, 1.54) is 17.2 Å². The van der Waals surface area contributed by atoms with E-state index in [1.54, 1.807) is 54.9 Å². The standard InChI is InChI=1S/C28H20N4O5/c33-25-15-22(31(17-18-5-3-13-29-16-18)28(35)24-8-4-14-36-24)27(34)32(25)20-11-9-19(10-12-20)26-30-21-6-1-2-7-23(21)37-26/h1-14,16,22H,15,17H2. The number of rotatable bonds is 6. The number of carbonyl (C=O) groups excluding carboxylic acids is 3. The molecule has 182 valence electrons. The molecule has 0 bridgehead atoms. The van der Waals surface area contributed by atoms with Gasteiger partial charge in [-0.2, -0.15) is 0 Å². The number of imide groups is 1. The van der Waals surface area contributed by atoms with Crippen LogP contribution in [0.1, 0.15) is 22.5 Å². The zero-order valence-electron chi connectivity index (χ0n) is 19.5. The fourth-order valence-electron chi connectivity index (χ4n) is 4.43. The quantitative estimate of drug-likeness (QED) is 0.322. The van der Waals surface area contributed by atoms with Gasteiger partial charge in [0.15, 0.2) is 11.3 Å². The maximum atomic E-state index is 13.5. The van der Waals surface area contributed by atoms with Crippen molar-refractivity contribution in [2.24, 2.45) is 0 Å². The second kappa shape index (κ2) is 9.19. The van der Waals surface area contributed by atoms with Crippen LogP contribution in [0.4, 0.5) is 5.69 Å². The Bertz CT molecular complexity index is 1560. The Morgan fingerprint density at radius 3 is 2.57 bits per heavy atom. The van der Waals surface area contributed by atoms with E-state index in [-0.39, 0.29) is 18.7 Å². The predicted octanol–water partition coefficient (Wildman–Crippen LogP) is 4.46. The molecule has 0 aliphatic carbocycles. The highest BCUT2D eigenvalue weighted by molar-refractivity contribution is 6.23. The van der Waals surface area contributed by atoms with Crippen molar-refractivity contribution < 1.29 is 23.2 Å². The molecule has 5 aromatic rings.